The van der Waals surface area contributed by atoms with Gasteiger partial charge in [0.2, 0.25) is 0 Å². The molecular weight excluding hydrogens is 240 g/mol. The van der Waals surface area contributed by atoms with Gasteiger partial charge in [-0.05, 0) is 33.7 Å². The minimum absolute atomic E-state index is 0.187. The van der Waals surface area contributed by atoms with E-state index in [-0.39, 0.29) is 6.09 Å². The Morgan fingerprint density at radius 2 is 1.84 bits per heavy atom. The molecule has 0 aromatic carbocycles. The van der Waals surface area contributed by atoms with E-state index >= 15 is 0 Å². The summed E-state index contributed by atoms with van der Waals surface area (Å²) in [5, 5.41) is 3.49. The maximum atomic E-state index is 11.7. The van der Waals surface area contributed by atoms with Crippen LogP contribution in [-0.4, -0.2) is 42.3 Å². The highest BCUT2D eigenvalue weighted by atomic mass is 16.6. The largest absolute Gasteiger partial charge is 0.444 e. The maximum absolute atomic E-state index is 11.7. The van der Waals surface area contributed by atoms with Gasteiger partial charge >= 0.3 is 6.09 Å². The molecule has 112 valence electrons. The molecule has 1 aliphatic rings. The molecule has 0 saturated carbocycles. The van der Waals surface area contributed by atoms with Crippen LogP contribution in [0.2, 0.25) is 0 Å². The molecule has 0 unspecified atom stereocenters. The van der Waals surface area contributed by atoms with Gasteiger partial charge in [-0.1, -0.05) is 32.6 Å². The van der Waals surface area contributed by atoms with Crippen LogP contribution in [0, 0.1) is 0 Å². The lowest BCUT2D eigenvalue weighted by Gasteiger charge is -2.40. The molecule has 0 atom stereocenters. The van der Waals surface area contributed by atoms with Crippen molar-refractivity contribution in [3.63, 3.8) is 0 Å². The smallest absolute Gasteiger partial charge is 0.410 e. The number of nitrogens with zero attached hydrogens (tertiary/aromatic N) is 1. The lowest BCUT2D eigenvalue weighted by molar-refractivity contribution is 0.00535. The summed E-state index contributed by atoms with van der Waals surface area (Å²) in [6.45, 7) is 10.6. The second-order valence-corrected chi connectivity index (χ2v) is 6.45. The Balaban J connectivity index is 1.99. The van der Waals surface area contributed by atoms with Crippen LogP contribution in [0.15, 0.2) is 0 Å². The Labute approximate surface area is 117 Å². The molecule has 1 N–H and O–H groups in total. The van der Waals surface area contributed by atoms with Gasteiger partial charge in [0.05, 0.1) is 0 Å². The second-order valence-electron chi connectivity index (χ2n) is 6.45. The number of amides is 1. The van der Waals surface area contributed by atoms with E-state index < -0.39 is 5.60 Å². The maximum Gasteiger partial charge on any atom is 0.410 e. The number of nitrogens with one attached hydrogen (secondary N) is 1. The topological polar surface area (TPSA) is 41.6 Å². The number of hydrogen-bond acceptors (Lipinski definition) is 3. The van der Waals surface area contributed by atoms with E-state index in [9.17, 15) is 4.79 Å². The minimum atomic E-state index is -0.394. The Morgan fingerprint density at radius 1 is 1.21 bits per heavy atom. The fourth-order valence-electron chi connectivity index (χ4n) is 2.12. The molecule has 1 amide bonds. The van der Waals surface area contributed by atoms with E-state index in [2.05, 4.69) is 12.2 Å². The summed E-state index contributed by atoms with van der Waals surface area (Å²) >= 11 is 0. The first kappa shape index (κ1) is 16.3. The first-order valence-corrected chi connectivity index (χ1v) is 7.63. The average Bonchev–Trinajstić information content (AvgIpc) is 2.22. The van der Waals surface area contributed by atoms with E-state index in [1.165, 1.54) is 32.1 Å². The summed E-state index contributed by atoms with van der Waals surface area (Å²) in [5.41, 5.74) is -0.394. The van der Waals surface area contributed by atoms with E-state index in [0.29, 0.717) is 6.04 Å². The fraction of sp³-hybridized carbons (Fsp3) is 0.933. The third kappa shape index (κ3) is 6.81. The highest BCUT2D eigenvalue weighted by molar-refractivity contribution is 5.69. The standard InChI is InChI=1S/C15H30N2O2/c1-5-6-7-8-9-10-16-13-11-17(12-13)14(18)19-15(2,3)4/h13,16H,5-12H2,1-4H3. The predicted molar refractivity (Wildman–Crippen MR) is 78.4 cm³/mol. The van der Waals surface area contributed by atoms with E-state index in [1.54, 1.807) is 4.90 Å². The molecule has 0 aliphatic carbocycles. The van der Waals surface area contributed by atoms with Gasteiger partial charge in [-0.2, -0.15) is 0 Å². The lowest BCUT2D eigenvalue weighted by Crippen LogP contribution is -2.60. The van der Waals surface area contributed by atoms with Crippen molar-refractivity contribution in [2.24, 2.45) is 0 Å². The number of carbonyl (C=O) groups is 1. The van der Waals surface area contributed by atoms with Gasteiger partial charge in [0.1, 0.15) is 5.60 Å². The van der Waals surface area contributed by atoms with Gasteiger partial charge in [-0.3, -0.25) is 0 Å². The monoisotopic (exact) mass is 270 g/mol. The average molecular weight is 270 g/mol. The molecule has 4 heteroatoms. The van der Waals surface area contributed by atoms with Crippen molar-refractivity contribution in [2.45, 2.75) is 71.4 Å². The number of ether oxygens (including phenoxy) is 1. The molecule has 4 nitrogen and oxygen atoms in total. The van der Waals surface area contributed by atoms with Crippen LogP contribution < -0.4 is 5.32 Å². The lowest BCUT2D eigenvalue weighted by atomic mass is 10.1. The molecule has 1 heterocycles. The SMILES string of the molecule is CCCCCCCNC1CN(C(=O)OC(C)(C)C)C1. The van der Waals surface area contributed by atoms with Crippen molar-refractivity contribution in [1.82, 2.24) is 10.2 Å². The van der Waals surface area contributed by atoms with Crippen molar-refractivity contribution in [3.8, 4) is 0 Å². The first-order valence-electron chi connectivity index (χ1n) is 7.63. The van der Waals surface area contributed by atoms with Gasteiger partial charge in [-0.25, -0.2) is 4.79 Å². The summed E-state index contributed by atoms with van der Waals surface area (Å²) in [4.78, 5) is 13.5. The molecule has 0 radical (unpaired) electrons. The number of unbranched alkanes of at least 4 members (excludes halogenated alkanes) is 4. The third-order valence-corrected chi connectivity index (χ3v) is 3.25. The molecule has 0 aromatic heterocycles. The molecule has 0 aromatic rings. The highest BCUT2D eigenvalue weighted by Crippen LogP contribution is 2.15. The summed E-state index contributed by atoms with van der Waals surface area (Å²) < 4.78 is 5.32. The summed E-state index contributed by atoms with van der Waals surface area (Å²) in [6, 6.07) is 0.457. The molecule has 19 heavy (non-hydrogen) atoms. The molecule has 0 bridgehead atoms. The summed E-state index contributed by atoms with van der Waals surface area (Å²) in [7, 11) is 0. The molecule has 1 saturated heterocycles. The zero-order valence-corrected chi connectivity index (χ0v) is 13.0. The number of likely N-dealkylation sites (tertiary alicyclic amines) is 1. The highest BCUT2D eigenvalue weighted by Gasteiger charge is 2.32. The normalized spacial score (nSPS) is 16.3. The predicted octanol–water partition coefficient (Wildman–Crippen LogP) is 3.17. The quantitative estimate of drug-likeness (QED) is 0.722. The van der Waals surface area contributed by atoms with Crippen LogP contribution in [0.5, 0.6) is 0 Å². The molecule has 1 rings (SSSR count). The van der Waals surface area contributed by atoms with Crippen LogP contribution in [0.3, 0.4) is 0 Å². The first-order chi connectivity index (χ1) is 8.92. The Kier molecular flexibility index (Phi) is 6.63. The van der Waals surface area contributed by atoms with E-state index in [0.717, 1.165) is 19.6 Å². The van der Waals surface area contributed by atoms with Gasteiger partial charge in [0.25, 0.3) is 0 Å². The Morgan fingerprint density at radius 3 is 2.42 bits per heavy atom. The van der Waals surface area contributed by atoms with Gasteiger partial charge < -0.3 is 15.0 Å². The molecule has 1 aliphatic heterocycles. The van der Waals surface area contributed by atoms with Crippen molar-refractivity contribution >= 4 is 6.09 Å². The number of hydrogen-bond donors (Lipinski definition) is 1. The second kappa shape index (κ2) is 7.73. The van der Waals surface area contributed by atoms with Crippen LogP contribution >= 0.6 is 0 Å². The molecular formula is C15H30N2O2. The zero-order chi connectivity index (χ0) is 14.3. The number of carbonyl (C=O) groups excluding carboxylic acids is 1. The van der Waals surface area contributed by atoms with Gasteiger partial charge in [0.15, 0.2) is 0 Å². The van der Waals surface area contributed by atoms with Crippen LogP contribution in [0.25, 0.3) is 0 Å². The van der Waals surface area contributed by atoms with E-state index in [4.69, 9.17) is 4.74 Å². The minimum Gasteiger partial charge on any atom is -0.444 e. The van der Waals surface area contributed by atoms with E-state index in [1.807, 2.05) is 20.8 Å². The fourth-order valence-corrected chi connectivity index (χ4v) is 2.12. The Bertz CT molecular complexity index is 268. The van der Waals surface area contributed by atoms with Crippen molar-refractivity contribution in [3.05, 3.63) is 0 Å². The summed E-state index contributed by atoms with van der Waals surface area (Å²) in [6.07, 6.45) is 6.34. The molecule has 1 fully saturated rings. The summed E-state index contributed by atoms with van der Waals surface area (Å²) in [5.74, 6) is 0. The van der Waals surface area contributed by atoms with Crippen LogP contribution in [0.1, 0.15) is 59.8 Å². The third-order valence-electron chi connectivity index (χ3n) is 3.25. The van der Waals surface area contributed by atoms with Crippen molar-refractivity contribution in [1.29, 1.82) is 0 Å². The van der Waals surface area contributed by atoms with Crippen molar-refractivity contribution in [2.75, 3.05) is 19.6 Å². The number of rotatable bonds is 7. The zero-order valence-electron chi connectivity index (χ0n) is 13.0. The van der Waals surface area contributed by atoms with Gasteiger partial charge in [-0.15, -0.1) is 0 Å². The van der Waals surface area contributed by atoms with Gasteiger partial charge in [0, 0.05) is 19.1 Å². The van der Waals surface area contributed by atoms with Crippen LogP contribution in [-0.2, 0) is 4.74 Å². The van der Waals surface area contributed by atoms with Crippen LogP contribution in [0.4, 0.5) is 4.79 Å². The molecule has 0 spiro atoms. The Hall–Kier alpha value is -0.770. The van der Waals surface area contributed by atoms with Crippen molar-refractivity contribution < 1.29 is 9.53 Å².